The minimum absolute atomic E-state index is 0.681. The lowest BCUT2D eigenvalue weighted by atomic mass is 10.3. The first-order valence-electron chi connectivity index (χ1n) is 5.64. The molecule has 3 aromatic heterocycles. The van der Waals surface area contributed by atoms with Gasteiger partial charge in [0, 0.05) is 16.9 Å². The quantitative estimate of drug-likeness (QED) is 0.745. The Morgan fingerprint density at radius 3 is 2.84 bits per heavy atom. The Kier molecular flexibility index (Phi) is 3.48. The van der Waals surface area contributed by atoms with E-state index in [4.69, 9.17) is 0 Å². The molecule has 0 aliphatic heterocycles. The molecule has 3 aromatic rings. The number of thioether (sulfide) groups is 1. The molecular weight excluding hydrogens is 326 g/mol. The summed E-state index contributed by atoms with van der Waals surface area (Å²) >= 11 is 5.03. The van der Waals surface area contributed by atoms with Crippen LogP contribution in [-0.2, 0) is 5.75 Å². The Bertz CT molecular complexity index is 674. The maximum Gasteiger partial charge on any atom is 0.178 e. The van der Waals surface area contributed by atoms with Crippen LogP contribution in [0.3, 0.4) is 0 Å². The Hall–Kier alpha value is -1.47. The summed E-state index contributed by atoms with van der Waals surface area (Å²) in [6, 6.07) is 3.80. The van der Waals surface area contributed by atoms with Gasteiger partial charge in [-0.25, -0.2) is 19.9 Å². The van der Waals surface area contributed by atoms with Crippen molar-refractivity contribution >= 4 is 38.9 Å². The Morgan fingerprint density at radius 2 is 2.05 bits per heavy atom. The molecule has 0 saturated carbocycles. The number of aromatic amines is 1. The summed E-state index contributed by atoms with van der Waals surface area (Å²) in [5.74, 6) is 1.47. The lowest BCUT2D eigenvalue weighted by Crippen LogP contribution is -1.90. The van der Waals surface area contributed by atoms with Crippen molar-refractivity contribution in [2.75, 3.05) is 0 Å². The second-order valence-corrected chi connectivity index (χ2v) is 5.74. The molecule has 7 heteroatoms. The van der Waals surface area contributed by atoms with E-state index >= 15 is 0 Å². The highest BCUT2D eigenvalue weighted by Crippen LogP contribution is 2.24. The topological polar surface area (TPSA) is 67.3 Å². The van der Waals surface area contributed by atoms with Gasteiger partial charge in [0.1, 0.15) is 5.82 Å². The third-order valence-electron chi connectivity index (χ3n) is 2.54. The van der Waals surface area contributed by atoms with Gasteiger partial charge < -0.3 is 4.98 Å². The Morgan fingerprint density at radius 1 is 1.26 bits per heavy atom. The Labute approximate surface area is 122 Å². The highest BCUT2D eigenvalue weighted by molar-refractivity contribution is 9.10. The number of rotatable bonds is 3. The number of aromatic nitrogens is 5. The van der Waals surface area contributed by atoms with Gasteiger partial charge in [0.15, 0.2) is 10.8 Å². The number of halogens is 1. The lowest BCUT2D eigenvalue weighted by Gasteiger charge is -1.95. The molecule has 0 fully saturated rings. The van der Waals surface area contributed by atoms with Crippen molar-refractivity contribution in [2.24, 2.45) is 0 Å². The zero-order chi connectivity index (χ0) is 13.2. The smallest absolute Gasteiger partial charge is 0.178 e. The largest absolute Gasteiger partial charge is 0.331 e. The highest BCUT2D eigenvalue weighted by Gasteiger charge is 2.08. The van der Waals surface area contributed by atoms with E-state index in [1.54, 1.807) is 30.2 Å². The van der Waals surface area contributed by atoms with Gasteiger partial charge in [-0.1, -0.05) is 11.8 Å². The van der Waals surface area contributed by atoms with Gasteiger partial charge in [-0.15, -0.1) is 0 Å². The number of imidazole rings is 1. The van der Waals surface area contributed by atoms with Crippen molar-refractivity contribution in [1.82, 2.24) is 24.9 Å². The number of pyridine rings is 1. The van der Waals surface area contributed by atoms with Crippen LogP contribution in [0, 0.1) is 6.92 Å². The van der Waals surface area contributed by atoms with E-state index < -0.39 is 0 Å². The molecule has 3 rings (SSSR count). The molecule has 0 atom stereocenters. The van der Waals surface area contributed by atoms with Crippen LogP contribution in [0.15, 0.2) is 34.2 Å². The summed E-state index contributed by atoms with van der Waals surface area (Å²) in [6.07, 6.45) is 3.48. The molecule has 19 heavy (non-hydrogen) atoms. The Balaban J connectivity index is 1.82. The molecule has 3 heterocycles. The molecule has 0 bridgehead atoms. The molecule has 0 aliphatic carbocycles. The number of fused-ring (bicyclic) bond motifs is 1. The molecule has 1 N–H and O–H groups in total. The number of nitrogens with zero attached hydrogens (tertiary/aromatic N) is 4. The van der Waals surface area contributed by atoms with Crippen LogP contribution in [0.4, 0.5) is 0 Å². The second kappa shape index (κ2) is 5.26. The van der Waals surface area contributed by atoms with E-state index in [-0.39, 0.29) is 0 Å². The molecule has 0 saturated heterocycles. The first-order valence-corrected chi connectivity index (χ1v) is 7.42. The number of aryl methyl sites for hydroxylation is 1. The summed E-state index contributed by atoms with van der Waals surface area (Å²) in [4.78, 5) is 20.5. The number of hydrogen-bond acceptors (Lipinski definition) is 5. The minimum atomic E-state index is 0.681. The fourth-order valence-electron chi connectivity index (χ4n) is 1.59. The fraction of sp³-hybridized carbons (Fsp3) is 0.167. The van der Waals surface area contributed by atoms with E-state index in [9.17, 15) is 0 Å². The summed E-state index contributed by atoms with van der Waals surface area (Å²) in [5, 5.41) is 0.826. The van der Waals surface area contributed by atoms with E-state index in [2.05, 4.69) is 40.8 Å². The van der Waals surface area contributed by atoms with E-state index in [0.717, 1.165) is 32.3 Å². The molecule has 96 valence electrons. The van der Waals surface area contributed by atoms with Crippen molar-refractivity contribution in [3.8, 4) is 0 Å². The van der Waals surface area contributed by atoms with E-state index in [0.29, 0.717) is 5.75 Å². The van der Waals surface area contributed by atoms with E-state index in [1.165, 1.54) is 0 Å². The summed E-state index contributed by atoms with van der Waals surface area (Å²) in [5.41, 5.74) is 2.59. The van der Waals surface area contributed by atoms with Gasteiger partial charge >= 0.3 is 0 Å². The first-order chi connectivity index (χ1) is 9.22. The van der Waals surface area contributed by atoms with Crippen molar-refractivity contribution in [3.63, 3.8) is 0 Å². The van der Waals surface area contributed by atoms with Crippen LogP contribution in [0.1, 0.15) is 11.5 Å². The molecule has 0 radical (unpaired) electrons. The first kappa shape index (κ1) is 12.6. The fourth-order valence-corrected chi connectivity index (χ4v) is 2.66. The predicted octanol–water partition coefficient (Wildman–Crippen LogP) is 3.11. The molecule has 0 aromatic carbocycles. The molecule has 0 spiro atoms. The maximum absolute atomic E-state index is 4.45. The van der Waals surface area contributed by atoms with Gasteiger partial charge in [-0.3, -0.25) is 0 Å². The molecule has 0 aliphatic rings. The van der Waals surface area contributed by atoms with Crippen LogP contribution >= 0.6 is 27.7 Å². The van der Waals surface area contributed by atoms with Crippen LogP contribution in [0.25, 0.3) is 11.2 Å². The highest BCUT2D eigenvalue weighted by atomic mass is 79.9. The SMILES string of the molecule is Cc1nc2nc(SCc3ncccn3)[nH]c2cc1Br. The van der Waals surface area contributed by atoms with Crippen molar-refractivity contribution in [2.45, 2.75) is 17.8 Å². The summed E-state index contributed by atoms with van der Waals surface area (Å²) in [7, 11) is 0. The van der Waals surface area contributed by atoms with Gasteiger partial charge in [0.2, 0.25) is 0 Å². The van der Waals surface area contributed by atoms with Gasteiger partial charge in [-0.05, 0) is 35.0 Å². The third kappa shape index (κ3) is 2.76. The van der Waals surface area contributed by atoms with Crippen LogP contribution in [0.5, 0.6) is 0 Å². The normalized spacial score (nSPS) is 11.1. The average molecular weight is 336 g/mol. The van der Waals surface area contributed by atoms with Crippen molar-refractivity contribution in [3.05, 3.63) is 40.5 Å². The summed E-state index contributed by atoms with van der Waals surface area (Å²) in [6.45, 7) is 1.95. The van der Waals surface area contributed by atoms with Gasteiger partial charge in [-0.2, -0.15) is 0 Å². The lowest BCUT2D eigenvalue weighted by molar-refractivity contribution is 1.02. The number of hydrogen-bond donors (Lipinski definition) is 1. The second-order valence-electron chi connectivity index (χ2n) is 3.92. The van der Waals surface area contributed by atoms with Crippen LogP contribution < -0.4 is 0 Å². The van der Waals surface area contributed by atoms with Crippen LogP contribution in [0.2, 0.25) is 0 Å². The minimum Gasteiger partial charge on any atom is -0.331 e. The standard InChI is InChI=1S/C12H10BrN5S/c1-7-8(13)5-9-11(16-7)18-12(17-9)19-6-10-14-3-2-4-15-10/h2-5H,6H2,1H3,(H,16,17,18). The molecule has 5 nitrogen and oxygen atoms in total. The zero-order valence-electron chi connectivity index (χ0n) is 10.1. The van der Waals surface area contributed by atoms with E-state index in [1.807, 2.05) is 13.0 Å². The zero-order valence-corrected chi connectivity index (χ0v) is 12.5. The maximum atomic E-state index is 4.45. The number of H-pyrrole nitrogens is 1. The molecular formula is C12H10BrN5S. The van der Waals surface area contributed by atoms with Gasteiger partial charge in [0.05, 0.1) is 17.0 Å². The molecule has 0 amide bonds. The van der Waals surface area contributed by atoms with Gasteiger partial charge in [0.25, 0.3) is 0 Å². The van der Waals surface area contributed by atoms with Crippen LogP contribution in [-0.4, -0.2) is 24.9 Å². The van der Waals surface area contributed by atoms with Crippen molar-refractivity contribution < 1.29 is 0 Å². The average Bonchev–Trinajstić information content (AvgIpc) is 2.80. The number of nitrogens with one attached hydrogen (secondary N) is 1. The van der Waals surface area contributed by atoms with Crippen molar-refractivity contribution in [1.29, 1.82) is 0 Å². The molecule has 0 unspecified atom stereocenters. The summed E-state index contributed by atoms with van der Waals surface area (Å²) < 4.78 is 0.978. The predicted molar refractivity (Wildman–Crippen MR) is 77.9 cm³/mol. The monoisotopic (exact) mass is 335 g/mol. The third-order valence-corrected chi connectivity index (χ3v) is 4.21.